The van der Waals surface area contributed by atoms with Crippen LogP contribution in [0.2, 0.25) is 0 Å². The maximum atomic E-state index is 12.8. The fourth-order valence-corrected chi connectivity index (χ4v) is 3.55. The number of hydrogen-bond acceptors (Lipinski definition) is 6. The van der Waals surface area contributed by atoms with E-state index < -0.39 is 15.9 Å². The topological polar surface area (TPSA) is 129 Å². The van der Waals surface area contributed by atoms with Gasteiger partial charge < -0.3 is 10.1 Å². The number of primary sulfonamides is 1. The molecule has 0 fully saturated rings. The Bertz CT molecular complexity index is 1350. The molecule has 9 nitrogen and oxygen atoms in total. The molecule has 0 aliphatic heterocycles. The number of carbonyl (C=O) groups is 1. The van der Waals surface area contributed by atoms with Gasteiger partial charge in [0.15, 0.2) is 11.5 Å². The van der Waals surface area contributed by atoms with Gasteiger partial charge in [-0.1, -0.05) is 12.1 Å². The SMILES string of the molecule is COc1ccccc1-c1nnc2c(C(=O)Nc3ccc(S(N)(=O)=O)cc3)cccn12. The van der Waals surface area contributed by atoms with Gasteiger partial charge in [0.05, 0.1) is 23.1 Å². The average molecular weight is 423 g/mol. The number of nitrogens with one attached hydrogen (secondary N) is 1. The summed E-state index contributed by atoms with van der Waals surface area (Å²) < 4.78 is 29.8. The molecule has 3 N–H and O–H groups in total. The lowest BCUT2D eigenvalue weighted by Crippen LogP contribution is -2.14. The van der Waals surface area contributed by atoms with Crippen molar-refractivity contribution in [2.45, 2.75) is 4.90 Å². The van der Waals surface area contributed by atoms with Crippen molar-refractivity contribution in [3.8, 4) is 17.1 Å². The molecule has 1 amide bonds. The molecule has 0 aliphatic carbocycles. The van der Waals surface area contributed by atoms with Crippen LogP contribution in [0.25, 0.3) is 17.0 Å². The zero-order chi connectivity index (χ0) is 21.3. The van der Waals surface area contributed by atoms with E-state index in [-0.39, 0.29) is 4.90 Å². The number of amides is 1. The third-order valence-corrected chi connectivity index (χ3v) is 5.40. The van der Waals surface area contributed by atoms with E-state index in [9.17, 15) is 13.2 Å². The second-order valence-electron chi connectivity index (χ2n) is 6.36. The highest BCUT2D eigenvalue weighted by Gasteiger charge is 2.18. The van der Waals surface area contributed by atoms with E-state index in [1.807, 2.05) is 24.3 Å². The number of rotatable bonds is 5. The number of ether oxygens (including phenoxy) is 1. The number of pyridine rings is 1. The molecular weight excluding hydrogens is 406 g/mol. The Morgan fingerprint density at radius 3 is 2.47 bits per heavy atom. The second-order valence-corrected chi connectivity index (χ2v) is 7.92. The molecule has 0 atom stereocenters. The van der Waals surface area contributed by atoms with Crippen LogP contribution in [0, 0.1) is 0 Å². The quantitative estimate of drug-likeness (QED) is 0.507. The van der Waals surface area contributed by atoms with Gasteiger partial charge in [0.25, 0.3) is 5.91 Å². The third-order valence-electron chi connectivity index (χ3n) is 4.47. The number of carbonyl (C=O) groups excluding carboxylic acids is 1. The normalized spacial score (nSPS) is 11.4. The summed E-state index contributed by atoms with van der Waals surface area (Å²) >= 11 is 0. The highest BCUT2D eigenvalue weighted by Crippen LogP contribution is 2.29. The van der Waals surface area contributed by atoms with Gasteiger partial charge in [0, 0.05) is 11.9 Å². The van der Waals surface area contributed by atoms with Crippen LogP contribution in [-0.4, -0.2) is 36.0 Å². The number of hydrogen-bond donors (Lipinski definition) is 2. The molecule has 2 aromatic carbocycles. The van der Waals surface area contributed by atoms with Crippen LogP contribution >= 0.6 is 0 Å². The molecule has 0 bridgehead atoms. The summed E-state index contributed by atoms with van der Waals surface area (Å²) in [6.45, 7) is 0. The van der Waals surface area contributed by atoms with E-state index in [1.54, 1.807) is 29.8 Å². The van der Waals surface area contributed by atoms with Crippen LogP contribution in [0.5, 0.6) is 5.75 Å². The fraction of sp³-hybridized carbons (Fsp3) is 0.0500. The molecule has 10 heteroatoms. The van der Waals surface area contributed by atoms with Gasteiger partial charge in [-0.2, -0.15) is 0 Å². The first-order valence-electron chi connectivity index (χ1n) is 8.80. The Labute approximate surface area is 172 Å². The molecule has 0 aliphatic rings. The van der Waals surface area contributed by atoms with Gasteiger partial charge in [-0.05, 0) is 48.5 Å². The summed E-state index contributed by atoms with van der Waals surface area (Å²) in [4.78, 5) is 12.8. The third kappa shape index (κ3) is 3.61. The minimum Gasteiger partial charge on any atom is -0.496 e. The van der Waals surface area contributed by atoms with Crippen molar-refractivity contribution in [2.75, 3.05) is 12.4 Å². The first kappa shape index (κ1) is 19.6. The number of sulfonamides is 1. The van der Waals surface area contributed by atoms with Crippen LogP contribution in [0.1, 0.15) is 10.4 Å². The zero-order valence-corrected chi connectivity index (χ0v) is 16.6. The highest BCUT2D eigenvalue weighted by atomic mass is 32.2. The minimum atomic E-state index is -3.80. The number of aromatic nitrogens is 3. The van der Waals surface area contributed by atoms with Gasteiger partial charge in [-0.15, -0.1) is 10.2 Å². The molecule has 4 aromatic rings. The van der Waals surface area contributed by atoms with Gasteiger partial charge in [-0.25, -0.2) is 13.6 Å². The number of benzene rings is 2. The van der Waals surface area contributed by atoms with Crippen LogP contribution in [0.4, 0.5) is 5.69 Å². The standard InChI is InChI=1S/C20H17N5O4S/c1-29-17-7-3-2-5-15(17)18-23-24-19-16(6-4-12-25(18)19)20(26)22-13-8-10-14(11-9-13)30(21,27)28/h2-12H,1H3,(H,22,26)(H2,21,27,28). The summed E-state index contributed by atoms with van der Waals surface area (Å²) in [5.41, 5.74) is 1.83. The van der Waals surface area contributed by atoms with Crippen molar-refractivity contribution in [1.29, 1.82) is 0 Å². The van der Waals surface area contributed by atoms with E-state index in [2.05, 4.69) is 15.5 Å². The van der Waals surface area contributed by atoms with Crippen LogP contribution < -0.4 is 15.2 Å². The van der Waals surface area contributed by atoms with Crippen molar-refractivity contribution >= 4 is 27.3 Å². The van der Waals surface area contributed by atoms with E-state index in [4.69, 9.17) is 9.88 Å². The first-order chi connectivity index (χ1) is 14.4. The summed E-state index contributed by atoms with van der Waals surface area (Å²) in [6, 6.07) is 16.3. The van der Waals surface area contributed by atoms with Crippen molar-refractivity contribution < 1.29 is 17.9 Å². The fourth-order valence-electron chi connectivity index (χ4n) is 3.03. The first-order valence-corrected chi connectivity index (χ1v) is 10.3. The van der Waals surface area contributed by atoms with E-state index >= 15 is 0 Å². The Morgan fingerprint density at radius 1 is 1.03 bits per heavy atom. The van der Waals surface area contributed by atoms with Crippen LogP contribution in [0.3, 0.4) is 0 Å². The molecular formula is C20H17N5O4S. The molecule has 2 aromatic heterocycles. The maximum absolute atomic E-state index is 12.8. The highest BCUT2D eigenvalue weighted by molar-refractivity contribution is 7.89. The second kappa shape index (κ2) is 7.58. The van der Waals surface area contributed by atoms with E-state index in [0.717, 1.165) is 5.56 Å². The summed E-state index contributed by atoms with van der Waals surface area (Å²) in [5.74, 6) is 0.758. The largest absolute Gasteiger partial charge is 0.496 e. The number of nitrogens with two attached hydrogens (primary N) is 1. The Kier molecular flexibility index (Phi) is 4.94. The molecule has 0 unspecified atom stereocenters. The van der Waals surface area contributed by atoms with Crippen molar-refractivity contribution in [3.05, 3.63) is 72.4 Å². The number of para-hydroxylation sites is 1. The Hall–Kier alpha value is -3.76. The predicted octanol–water partition coefficient (Wildman–Crippen LogP) is 2.30. The smallest absolute Gasteiger partial charge is 0.259 e. The lowest BCUT2D eigenvalue weighted by molar-refractivity contribution is 0.102. The van der Waals surface area contributed by atoms with Gasteiger partial charge in [0.1, 0.15) is 5.75 Å². The maximum Gasteiger partial charge on any atom is 0.259 e. The average Bonchev–Trinajstić information content (AvgIpc) is 3.17. The Balaban J connectivity index is 1.68. The zero-order valence-electron chi connectivity index (χ0n) is 15.8. The molecule has 4 rings (SSSR count). The van der Waals surface area contributed by atoms with Crippen molar-refractivity contribution in [2.24, 2.45) is 5.14 Å². The van der Waals surface area contributed by atoms with Crippen LogP contribution in [0.15, 0.2) is 71.8 Å². The van der Waals surface area contributed by atoms with Gasteiger partial charge in [-0.3, -0.25) is 9.20 Å². The molecule has 0 spiro atoms. The predicted molar refractivity (Wildman–Crippen MR) is 111 cm³/mol. The molecule has 30 heavy (non-hydrogen) atoms. The minimum absolute atomic E-state index is 0.0403. The number of fused-ring (bicyclic) bond motifs is 1. The van der Waals surface area contributed by atoms with E-state index in [0.29, 0.717) is 28.5 Å². The summed E-state index contributed by atoms with van der Waals surface area (Å²) in [5, 5.41) is 16.2. The molecule has 2 heterocycles. The van der Waals surface area contributed by atoms with Crippen LogP contribution in [-0.2, 0) is 10.0 Å². The van der Waals surface area contributed by atoms with Crippen molar-refractivity contribution in [3.63, 3.8) is 0 Å². The number of methoxy groups -OCH3 is 1. The number of nitrogens with zero attached hydrogens (tertiary/aromatic N) is 3. The van der Waals surface area contributed by atoms with Crippen molar-refractivity contribution in [1.82, 2.24) is 14.6 Å². The van der Waals surface area contributed by atoms with E-state index in [1.165, 1.54) is 24.3 Å². The molecule has 0 saturated carbocycles. The summed E-state index contributed by atoms with van der Waals surface area (Å²) in [7, 11) is -2.23. The number of anilines is 1. The Morgan fingerprint density at radius 2 is 1.77 bits per heavy atom. The lowest BCUT2D eigenvalue weighted by atomic mass is 10.2. The molecule has 152 valence electrons. The summed E-state index contributed by atoms with van der Waals surface area (Å²) in [6.07, 6.45) is 1.76. The molecule has 0 saturated heterocycles. The van der Waals surface area contributed by atoms with Gasteiger partial charge >= 0.3 is 0 Å². The monoisotopic (exact) mass is 423 g/mol. The lowest BCUT2D eigenvalue weighted by Gasteiger charge is -2.08. The molecule has 0 radical (unpaired) electrons. The van der Waals surface area contributed by atoms with Gasteiger partial charge in [0.2, 0.25) is 10.0 Å².